The number of aryl methyl sites for hydroxylation is 3. The monoisotopic (exact) mass is 521 g/mol. The van der Waals surface area contributed by atoms with E-state index >= 15 is 0 Å². The molecule has 3 aromatic carbocycles. The number of thioether (sulfide) groups is 1. The van der Waals surface area contributed by atoms with Crippen LogP contribution in [0.3, 0.4) is 0 Å². The number of para-hydroxylation sites is 1. The molecule has 6 nitrogen and oxygen atoms in total. The molecule has 0 radical (unpaired) electrons. The van der Waals surface area contributed by atoms with E-state index in [9.17, 15) is 4.79 Å². The van der Waals surface area contributed by atoms with Gasteiger partial charge in [0.25, 0.3) is 0 Å². The Morgan fingerprint density at radius 3 is 2.29 bits per heavy atom. The van der Waals surface area contributed by atoms with Crippen molar-refractivity contribution in [1.29, 1.82) is 0 Å². The van der Waals surface area contributed by atoms with E-state index < -0.39 is 0 Å². The summed E-state index contributed by atoms with van der Waals surface area (Å²) in [4.78, 5) is 23.4. The molecule has 0 bridgehead atoms. The molecule has 1 N–H and O–H groups in total. The van der Waals surface area contributed by atoms with Crippen molar-refractivity contribution < 1.29 is 4.79 Å². The molecular weight excluding hydrogens is 490 g/mol. The lowest BCUT2D eigenvalue weighted by molar-refractivity contribution is -0.115. The third-order valence-corrected chi connectivity index (χ3v) is 7.98. The highest BCUT2D eigenvalue weighted by Gasteiger charge is 2.25. The Balaban J connectivity index is 1.60. The zero-order valence-electron chi connectivity index (χ0n) is 22.1. The first-order chi connectivity index (χ1) is 18.5. The van der Waals surface area contributed by atoms with Crippen molar-refractivity contribution in [3.63, 3.8) is 0 Å². The van der Waals surface area contributed by atoms with Gasteiger partial charge in [-0.2, -0.15) is 5.10 Å². The number of nitrogens with one attached hydrogen (secondary N) is 1. The van der Waals surface area contributed by atoms with Crippen molar-refractivity contribution in [2.24, 2.45) is 0 Å². The first-order valence-corrected chi connectivity index (χ1v) is 13.8. The standard InChI is InChI=1S/C31H31N5OS/c1-5-25-27-29(36(35-25)24-15-11-8-12-16-24)33-28(22-13-9-7-10-14-22)34-31(27)38-26(6-2)30(37)32-23-18-17-20(3)21(4)19-23/h7-19,26H,5-6H2,1-4H3,(H,32,37)/t26-/m1/s1. The van der Waals surface area contributed by atoms with Crippen LogP contribution in [0.2, 0.25) is 0 Å². The van der Waals surface area contributed by atoms with Gasteiger partial charge in [0.05, 0.1) is 22.0 Å². The number of nitrogens with zero attached hydrogens (tertiary/aromatic N) is 4. The van der Waals surface area contributed by atoms with E-state index in [4.69, 9.17) is 15.1 Å². The molecule has 0 unspecified atom stereocenters. The van der Waals surface area contributed by atoms with Gasteiger partial charge < -0.3 is 5.32 Å². The minimum atomic E-state index is -0.330. The number of hydrogen-bond donors (Lipinski definition) is 1. The van der Waals surface area contributed by atoms with Crippen LogP contribution in [0.5, 0.6) is 0 Å². The fourth-order valence-electron chi connectivity index (χ4n) is 4.35. The molecule has 1 amide bonds. The number of anilines is 1. The lowest BCUT2D eigenvalue weighted by atomic mass is 10.1. The van der Waals surface area contributed by atoms with Gasteiger partial charge in [0.15, 0.2) is 11.5 Å². The molecule has 2 heterocycles. The van der Waals surface area contributed by atoms with Crippen molar-refractivity contribution >= 4 is 34.4 Å². The predicted molar refractivity (Wildman–Crippen MR) is 156 cm³/mol. The number of hydrogen-bond acceptors (Lipinski definition) is 5. The van der Waals surface area contributed by atoms with Crippen molar-refractivity contribution in [3.8, 4) is 17.1 Å². The number of rotatable bonds is 8. The molecule has 0 aliphatic carbocycles. The van der Waals surface area contributed by atoms with Gasteiger partial charge in [0, 0.05) is 11.3 Å². The highest BCUT2D eigenvalue weighted by molar-refractivity contribution is 8.00. The van der Waals surface area contributed by atoms with Gasteiger partial charge in [-0.05, 0) is 62.1 Å². The van der Waals surface area contributed by atoms with Crippen LogP contribution in [0.4, 0.5) is 5.69 Å². The number of fused-ring (bicyclic) bond motifs is 1. The Morgan fingerprint density at radius 2 is 1.63 bits per heavy atom. The number of benzene rings is 3. The number of amides is 1. The van der Waals surface area contributed by atoms with E-state index in [0.29, 0.717) is 12.2 Å². The molecular formula is C31H31N5OS. The zero-order chi connectivity index (χ0) is 26.6. The smallest absolute Gasteiger partial charge is 0.237 e. The topological polar surface area (TPSA) is 72.7 Å². The fourth-order valence-corrected chi connectivity index (χ4v) is 5.42. The number of carbonyl (C=O) groups is 1. The Hall–Kier alpha value is -3.97. The normalized spacial score (nSPS) is 12.0. The maximum absolute atomic E-state index is 13.4. The summed E-state index contributed by atoms with van der Waals surface area (Å²) in [5, 5.41) is 9.39. The quantitative estimate of drug-likeness (QED) is 0.173. The first-order valence-electron chi connectivity index (χ1n) is 12.9. The van der Waals surface area contributed by atoms with E-state index in [2.05, 4.69) is 26.1 Å². The van der Waals surface area contributed by atoms with E-state index in [-0.39, 0.29) is 11.2 Å². The van der Waals surface area contributed by atoms with Crippen LogP contribution in [-0.4, -0.2) is 30.9 Å². The van der Waals surface area contributed by atoms with Gasteiger partial charge in [0.2, 0.25) is 5.91 Å². The van der Waals surface area contributed by atoms with Crippen molar-refractivity contribution in [1.82, 2.24) is 19.7 Å². The summed E-state index contributed by atoms with van der Waals surface area (Å²) in [6.07, 6.45) is 1.38. The van der Waals surface area contributed by atoms with Crippen molar-refractivity contribution in [2.45, 2.75) is 50.8 Å². The van der Waals surface area contributed by atoms with E-state index in [1.807, 2.05) is 90.5 Å². The minimum absolute atomic E-state index is 0.0396. The Kier molecular flexibility index (Phi) is 7.56. The molecule has 0 fully saturated rings. The Bertz CT molecular complexity index is 1580. The van der Waals surface area contributed by atoms with Crippen LogP contribution in [0.1, 0.15) is 37.1 Å². The van der Waals surface area contributed by atoms with Crippen molar-refractivity contribution in [3.05, 3.63) is 95.7 Å². The second-order valence-corrected chi connectivity index (χ2v) is 10.5. The number of carbonyl (C=O) groups excluding carboxylic acids is 1. The predicted octanol–water partition coefficient (Wildman–Crippen LogP) is 7.17. The average molecular weight is 522 g/mol. The minimum Gasteiger partial charge on any atom is -0.325 e. The molecule has 0 aliphatic heterocycles. The molecule has 192 valence electrons. The average Bonchev–Trinajstić information content (AvgIpc) is 3.33. The summed E-state index contributed by atoms with van der Waals surface area (Å²) < 4.78 is 1.89. The summed E-state index contributed by atoms with van der Waals surface area (Å²) in [6.45, 7) is 8.23. The molecule has 0 aliphatic rings. The lowest BCUT2D eigenvalue weighted by Crippen LogP contribution is -2.24. The Labute approximate surface area is 227 Å². The molecule has 2 aromatic heterocycles. The van der Waals surface area contributed by atoms with Gasteiger partial charge in [0.1, 0.15) is 5.03 Å². The lowest BCUT2D eigenvalue weighted by Gasteiger charge is -2.16. The third-order valence-electron chi connectivity index (χ3n) is 6.63. The molecule has 0 saturated heterocycles. The second kappa shape index (κ2) is 11.2. The van der Waals surface area contributed by atoms with Gasteiger partial charge in [-0.1, -0.05) is 80.2 Å². The summed E-state index contributed by atoms with van der Waals surface area (Å²) in [5.74, 6) is 0.576. The zero-order valence-corrected chi connectivity index (χ0v) is 22.9. The van der Waals surface area contributed by atoms with E-state index in [1.165, 1.54) is 17.3 Å². The molecule has 0 saturated carbocycles. The van der Waals surface area contributed by atoms with E-state index in [1.54, 1.807) is 0 Å². The second-order valence-electron chi connectivity index (χ2n) is 9.27. The van der Waals surface area contributed by atoms with Gasteiger partial charge in [-0.3, -0.25) is 4.79 Å². The van der Waals surface area contributed by atoms with Crippen LogP contribution in [0.25, 0.3) is 28.1 Å². The number of aromatic nitrogens is 4. The first kappa shape index (κ1) is 25.7. The van der Waals surface area contributed by atoms with Crippen LogP contribution in [0.15, 0.2) is 83.9 Å². The van der Waals surface area contributed by atoms with Gasteiger partial charge in [-0.15, -0.1) is 0 Å². The summed E-state index contributed by atoms with van der Waals surface area (Å²) in [6, 6.07) is 26.0. The third kappa shape index (κ3) is 5.20. The molecule has 1 atom stereocenters. The maximum Gasteiger partial charge on any atom is 0.237 e. The summed E-state index contributed by atoms with van der Waals surface area (Å²) in [5.41, 5.74) is 6.66. The van der Waals surface area contributed by atoms with Gasteiger partial charge in [-0.25, -0.2) is 14.6 Å². The SMILES string of the molecule is CCc1nn(-c2ccccc2)c2nc(-c3ccccc3)nc(S[C@H](CC)C(=O)Nc3ccc(C)c(C)c3)c12. The summed E-state index contributed by atoms with van der Waals surface area (Å²) >= 11 is 1.48. The highest BCUT2D eigenvalue weighted by atomic mass is 32.2. The molecule has 5 aromatic rings. The molecule has 38 heavy (non-hydrogen) atoms. The molecule has 0 spiro atoms. The van der Waals surface area contributed by atoms with Crippen molar-refractivity contribution in [2.75, 3.05) is 5.32 Å². The van der Waals surface area contributed by atoms with Gasteiger partial charge >= 0.3 is 0 Å². The highest BCUT2D eigenvalue weighted by Crippen LogP contribution is 2.35. The Morgan fingerprint density at radius 1 is 0.921 bits per heavy atom. The van der Waals surface area contributed by atoms with Crippen LogP contribution in [0, 0.1) is 13.8 Å². The van der Waals surface area contributed by atoms with Crippen LogP contribution >= 0.6 is 11.8 Å². The molecule has 7 heteroatoms. The molecule has 5 rings (SSSR count). The maximum atomic E-state index is 13.4. The van der Waals surface area contributed by atoms with Crippen LogP contribution < -0.4 is 5.32 Å². The fraction of sp³-hybridized carbons (Fsp3) is 0.226. The van der Waals surface area contributed by atoms with Crippen LogP contribution in [-0.2, 0) is 11.2 Å². The largest absolute Gasteiger partial charge is 0.325 e. The summed E-state index contributed by atoms with van der Waals surface area (Å²) in [7, 11) is 0. The van der Waals surface area contributed by atoms with E-state index in [0.717, 1.165) is 50.7 Å².